The lowest BCUT2D eigenvalue weighted by atomic mass is 10.0. The Morgan fingerprint density at radius 1 is 1.33 bits per heavy atom. The van der Waals surface area contributed by atoms with Gasteiger partial charge in [0.2, 0.25) is 0 Å². The first-order valence-electron chi connectivity index (χ1n) is 10.2. The normalized spacial score (nSPS) is 15.5. The van der Waals surface area contributed by atoms with Crippen LogP contribution in [-0.2, 0) is 11.8 Å². The van der Waals surface area contributed by atoms with E-state index < -0.39 is 11.6 Å². The molecule has 2 heterocycles. The maximum Gasteiger partial charge on any atom is 0.410 e. The Bertz CT molecular complexity index is 958. The number of rotatable bonds is 4. The van der Waals surface area contributed by atoms with Crippen LogP contribution < -0.4 is 4.90 Å². The molecular weight excluding hydrogens is 408 g/mol. The fourth-order valence-electron chi connectivity index (χ4n) is 3.98. The molecule has 2 aromatic rings. The molecule has 1 amide bonds. The first-order valence-corrected chi connectivity index (χ1v) is 10.5. The predicted octanol–water partition coefficient (Wildman–Crippen LogP) is 4.15. The highest BCUT2D eigenvalue weighted by atomic mass is 35.5. The van der Waals surface area contributed by atoms with Crippen LogP contribution in [0.1, 0.15) is 50.9 Å². The van der Waals surface area contributed by atoms with Crippen LogP contribution in [0.25, 0.3) is 10.9 Å². The van der Waals surface area contributed by atoms with Crippen LogP contribution in [0.2, 0.25) is 5.02 Å². The number of aromatic carboxylic acids is 1. The molecule has 0 atom stereocenters. The van der Waals surface area contributed by atoms with E-state index in [1.54, 1.807) is 22.7 Å². The Hall–Kier alpha value is -2.48. The number of aryl methyl sites for hydroxylation is 1. The van der Waals surface area contributed by atoms with E-state index in [1.807, 2.05) is 33.9 Å². The van der Waals surface area contributed by atoms with Gasteiger partial charge in [-0.25, -0.2) is 9.59 Å². The minimum absolute atomic E-state index is 0.0213. The molecule has 0 aliphatic carbocycles. The molecule has 3 rings (SSSR count). The monoisotopic (exact) mass is 436 g/mol. The number of nitrogens with zero attached hydrogens (tertiary/aromatic N) is 4. The van der Waals surface area contributed by atoms with Gasteiger partial charge in [0.25, 0.3) is 0 Å². The lowest BCUT2D eigenvalue weighted by molar-refractivity contribution is 0.0149. The van der Waals surface area contributed by atoms with Crippen LogP contribution in [-0.4, -0.2) is 63.1 Å². The highest BCUT2D eigenvalue weighted by molar-refractivity contribution is 6.35. The van der Waals surface area contributed by atoms with Crippen LogP contribution in [0.4, 0.5) is 10.5 Å². The predicted molar refractivity (Wildman–Crippen MR) is 117 cm³/mol. The maximum absolute atomic E-state index is 12.6. The fourth-order valence-corrected chi connectivity index (χ4v) is 4.26. The summed E-state index contributed by atoms with van der Waals surface area (Å²) in [5.74, 6) is -1.09. The molecule has 1 aromatic heterocycles. The summed E-state index contributed by atoms with van der Waals surface area (Å²) in [6.07, 6.45) is 3.10. The summed E-state index contributed by atoms with van der Waals surface area (Å²) in [7, 11) is 1.76. The number of ether oxygens (including phenoxy) is 1. The van der Waals surface area contributed by atoms with Crippen LogP contribution in [0, 0.1) is 0 Å². The van der Waals surface area contributed by atoms with Crippen molar-refractivity contribution in [2.45, 2.75) is 52.2 Å². The Morgan fingerprint density at radius 2 is 1.97 bits per heavy atom. The summed E-state index contributed by atoms with van der Waals surface area (Å²) in [6.45, 7) is 9.58. The zero-order valence-electron chi connectivity index (χ0n) is 18.1. The van der Waals surface area contributed by atoms with Gasteiger partial charge in [-0.3, -0.25) is 4.68 Å². The Balaban J connectivity index is 1.81. The van der Waals surface area contributed by atoms with Gasteiger partial charge in [-0.05, 0) is 46.6 Å². The number of carbonyl (C=O) groups excluding carboxylic acids is 1. The SMILES string of the molecule is CCN(C(=O)OC(C)(C)C)C1CCN(c2cc(Cl)c(C(=O)O)c3nn(C)cc23)CC1. The molecule has 30 heavy (non-hydrogen) atoms. The van der Waals surface area contributed by atoms with Crippen molar-refractivity contribution in [1.82, 2.24) is 14.7 Å². The van der Waals surface area contributed by atoms with Gasteiger partial charge >= 0.3 is 12.1 Å². The third kappa shape index (κ3) is 4.48. The summed E-state index contributed by atoms with van der Waals surface area (Å²) in [6, 6.07) is 1.81. The number of anilines is 1. The summed E-state index contributed by atoms with van der Waals surface area (Å²) in [5.41, 5.74) is 0.748. The van der Waals surface area contributed by atoms with Gasteiger partial charge in [0, 0.05) is 50.0 Å². The van der Waals surface area contributed by atoms with E-state index in [4.69, 9.17) is 16.3 Å². The number of piperidine rings is 1. The lowest BCUT2D eigenvalue weighted by Crippen LogP contribution is -2.48. The van der Waals surface area contributed by atoms with Crippen LogP contribution >= 0.6 is 11.6 Å². The molecule has 1 fully saturated rings. The number of hydrogen-bond donors (Lipinski definition) is 1. The molecule has 0 radical (unpaired) electrons. The molecule has 164 valence electrons. The van der Waals surface area contributed by atoms with Gasteiger partial charge in [-0.15, -0.1) is 0 Å². The first-order chi connectivity index (χ1) is 14.0. The number of halogens is 1. The van der Waals surface area contributed by atoms with Crippen molar-refractivity contribution in [1.29, 1.82) is 0 Å². The van der Waals surface area contributed by atoms with Gasteiger partial charge < -0.3 is 19.6 Å². The quantitative estimate of drug-likeness (QED) is 0.774. The molecule has 1 saturated heterocycles. The highest BCUT2D eigenvalue weighted by Crippen LogP contribution is 2.36. The average molecular weight is 437 g/mol. The van der Waals surface area contributed by atoms with E-state index in [-0.39, 0.29) is 22.7 Å². The number of carbonyl (C=O) groups is 2. The molecule has 0 bridgehead atoms. The molecule has 1 aromatic carbocycles. The second-order valence-electron chi connectivity index (χ2n) is 8.61. The fraction of sp³-hybridized carbons (Fsp3) is 0.571. The van der Waals surface area contributed by atoms with E-state index in [0.29, 0.717) is 12.1 Å². The summed E-state index contributed by atoms with van der Waals surface area (Å²) < 4.78 is 7.16. The number of carboxylic acids is 1. The third-order valence-corrected chi connectivity index (χ3v) is 5.57. The van der Waals surface area contributed by atoms with E-state index in [2.05, 4.69) is 10.00 Å². The van der Waals surface area contributed by atoms with Crippen molar-refractivity contribution in [2.24, 2.45) is 7.05 Å². The minimum Gasteiger partial charge on any atom is -0.478 e. The van der Waals surface area contributed by atoms with Crippen molar-refractivity contribution in [3.05, 3.63) is 22.8 Å². The van der Waals surface area contributed by atoms with E-state index in [1.165, 1.54) is 0 Å². The van der Waals surface area contributed by atoms with Gasteiger partial charge in [-0.1, -0.05) is 11.6 Å². The Labute approximate surface area is 181 Å². The van der Waals surface area contributed by atoms with Crippen molar-refractivity contribution in [3.63, 3.8) is 0 Å². The van der Waals surface area contributed by atoms with Crippen LogP contribution in [0.15, 0.2) is 12.3 Å². The van der Waals surface area contributed by atoms with E-state index in [0.717, 1.165) is 37.0 Å². The zero-order chi connectivity index (χ0) is 22.2. The van der Waals surface area contributed by atoms with Crippen LogP contribution in [0.3, 0.4) is 0 Å². The van der Waals surface area contributed by atoms with Crippen molar-refractivity contribution in [2.75, 3.05) is 24.5 Å². The van der Waals surface area contributed by atoms with Crippen molar-refractivity contribution in [3.8, 4) is 0 Å². The number of carboxylic acid groups (broad SMARTS) is 1. The zero-order valence-corrected chi connectivity index (χ0v) is 18.9. The minimum atomic E-state index is -1.09. The standard InChI is InChI=1S/C21H29ClN4O4/c1-6-26(20(29)30-21(2,3)4)13-7-9-25(10-8-13)16-11-15(22)17(19(27)28)18-14(16)12-24(5)23-18/h11-13H,6-10H2,1-5H3,(H,27,28). The molecule has 0 saturated carbocycles. The highest BCUT2D eigenvalue weighted by Gasteiger charge is 2.31. The van der Waals surface area contributed by atoms with E-state index in [9.17, 15) is 14.7 Å². The third-order valence-electron chi connectivity index (χ3n) is 5.27. The molecule has 0 unspecified atom stereocenters. The molecule has 1 aliphatic rings. The van der Waals surface area contributed by atoms with Gasteiger partial charge in [0.15, 0.2) is 0 Å². The van der Waals surface area contributed by atoms with Crippen LogP contribution in [0.5, 0.6) is 0 Å². The molecule has 8 nitrogen and oxygen atoms in total. The molecular formula is C21H29ClN4O4. The number of aromatic nitrogens is 2. The average Bonchev–Trinajstić information content (AvgIpc) is 3.01. The second kappa shape index (κ2) is 8.34. The molecule has 9 heteroatoms. The summed E-state index contributed by atoms with van der Waals surface area (Å²) >= 11 is 6.31. The number of fused-ring (bicyclic) bond motifs is 1. The molecule has 1 aliphatic heterocycles. The summed E-state index contributed by atoms with van der Waals surface area (Å²) in [5, 5.41) is 14.8. The van der Waals surface area contributed by atoms with Crippen molar-refractivity contribution < 1.29 is 19.4 Å². The molecule has 0 spiro atoms. The van der Waals surface area contributed by atoms with Crippen molar-refractivity contribution >= 4 is 40.3 Å². The number of benzene rings is 1. The number of amides is 1. The van der Waals surface area contributed by atoms with Gasteiger partial charge in [-0.2, -0.15) is 5.10 Å². The smallest absolute Gasteiger partial charge is 0.410 e. The topological polar surface area (TPSA) is 87.9 Å². The number of hydrogen-bond acceptors (Lipinski definition) is 5. The Morgan fingerprint density at radius 3 is 2.50 bits per heavy atom. The summed E-state index contributed by atoms with van der Waals surface area (Å²) in [4.78, 5) is 28.2. The maximum atomic E-state index is 12.6. The Kier molecular flexibility index (Phi) is 6.17. The molecule has 1 N–H and O–H groups in total. The largest absolute Gasteiger partial charge is 0.478 e. The van der Waals surface area contributed by atoms with Gasteiger partial charge in [0.05, 0.1) is 5.02 Å². The van der Waals surface area contributed by atoms with Gasteiger partial charge in [0.1, 0.15) is 16.7 Å². The van der Waals surface area contributed by atoms with E-state index >= 15 is 0 Å². The second-order valence-corrected chi connectivity index (χ2v) is 9.01. The lowest BCUT2D eigenvalue weighted by Gasteiger charge is -2.39. The first kappa shape index (κ1) is 22.2.